The highest BCUT2D eigenvalue weighted by Crippen LogP contribution is 2.31. The maximum absolute atomic E-state index is 13.9. The molecule has 0 atom stereocenters. The molecule has 0 spiro atoms. The zero-order valence-electron chi connectivity index (χ0n) is 17.0. The minimum Gasteiger partial charge on any atom is -0.382 e. The number of nitrogens with one attached hydrogen (secondary N) is 1. The predicted octanol–water partition coefficient (Wildman–Crippen LogP) is 2.96. The second kappa shape index (κ2) is 8.16. The molecule has 1 aliphatic heterocycles. The van der Waals surface area contributed by atoms with Gasteiger partial charge in [-0.05, 0) is 30.2 Å². The van der Waals surface area contributed by atoms with E-state index in [2.05, 4.69) is 50.3 Å². The zero-order chi connectivity index (χ0) is 21.3. The van der Waals surface area contributed by atoms with Crippen LogP contribution in [0, 0.1) is 24.3 Å². The molecule has 8 nitrogen and oxygen atoms in total. The first-order chi connectivity index (χ1) is 14.5. The van der Waals surface area contributed by atoms with E-state index in [-0.39, 0.29) is 5.82 Å². The Bertz CT molecular complexity index is 1170. The van der Waals surface area contributed by atoms with E-state index in [0.717, 1.165) is 28.9 Å². The molecule has 3 N–H and O–H groups in total. The molecule has 2 aromatic heterocycles. The summed E-state index contributed by atoms with van der Waals surface area (Å²) in [6.07, 6.45) is 5.31. The van der Waals surface area contributed by atoms with Crippen molar-refractivity contribution in [3.8, 4) is 12.3 Å². The van der Waals surface area contributed by atoms with Gasteiger partial charge in [0.15, 0.2) is 17.0 Å². The number of nitrogens with two attached hydrogens (primary N) is 1. The predicted molar refractivity (Wildman–Crippen MR) is 113 cm³/mol. The minimum atomic E-state index is -0.870. The summed E-state index contributed by atoms with van der Waals surface area (Å²) < 4.78 is 15.7. The summed E-state index contributed by atoms with van der Waals surface area (Å²) in [5.74, 6) is 3.97. The van der Waals surface area contributed by atoms with Gasteiger partial charge >= 0.3 is 6.08 Å². The molecular weight excluding hydrogens is 383 g/mol. The highest BCUT2D eigenvalue weighted by molar-refractivity contribution is 5.82. The average Bonchev–Trinajstić information content (AvgIpc) is 3.29. The Morgan fingerprint density at radius 3 is 2.90 bits per heavy atom. The Labute approximate surface area is 173 Å². The van der Waals surface area contributed by atoms with Crippen LogP contribution in [0.4, 0.5) is 15.9 Å². The molecule has 3 aromatic rings. The number of terminal acetylenes is 1. The summed E-state index contributed by atoms with van der Waals surface area (Å²) >= 11 is 0. The van der Waals surface area contributed by atoms with E-state index in [4.69, 9.17) is 12.2 Å². The van der Waals surface area contributed by atoms with Crippen LogP contribution in [0.1, 0.15) is 36.4 Å². The third-order valence-electron chi connectivity index (χ3n) is 4.97. The highest BCUT2D eigenvalue weighted by Gasteiger charge is 2.19. The van der Waals surface area contributed by atoms with Gasteiger partial charge in [-0.2, -0.15) is 24.6 Å². The van der Waals surface area contributed by atoms with Gasteiger partial charge in [0.2, 0.25) is 0 Å². The monoisotopic (exact) mass is 406 g/mol. The molecule has 0 bridgehead atoms. The van der Waals surface area contributed by atoms with Crippen LogP contribution < -0.4 is 11.1 Å². The van der Waals surface area contributed by atoms with Gasteiger partial charge in [-0.25, -0.2) is 4.98 Å². The zero-order valence-corrected chi connectivity index (χ0v) is 17.0. The minimum absolute atomic E-state index is 0.0209. The molecule has 154 valence electrons. The summed E-state index contributed by atoms with van der Waals surface area (Å²) in [6.45, 7) is 6.94. The number of fused-ring (bicyclic) bond motifs is 2. The number of imidazole rings is 1. The Morgan fingerprint density at radius 2 is 2.13 bits per heavy atom. The van der Waals surface area contributed by atoms with E-state index in [1.54, 1.807) is 0 Å². The Balaban J connectivity index is 1.73. The van der Waals surface area contributed by atoms with Crippen LogP contribution in [0.15, 0.2) is 22.4 Å². The molecule has 3 heterocycles. The van der Waals surface area contributed by atoms with Gasteiger partial charge in [0.1, 0.15) is 5.82 Å². The molecule has 0 unspecified atom stereocenters. The summed E-state index contributed by atoms with van der Waals surface area (Å²) in [5, 5.41) is 11.6. The second-order valence-electron chi connectivity index (χ2n) is 7.69. The van der Waals surface area contributed by atoms with Gasteiger partial charge in [0, 0.05) is 30.6 Å². The van der Waals surface area contributed by atoms with Crippen LogP contribution in [0.25, 0.3) is 11.2 Å². The van der Waals surface area contributed by atoms with E-state index < -0.39 is 6.08 Å². The smallest absolute Gasteiger partial charge is 0.312 e. The molecule has 1 aromatic carbocycles. The number of azo groups is 1. The number of rotatable bonds is 7. The summed E-state index contributed by atoms with van der Waals surface area (Å²) in [6, 6.07) is 3.88. The van der Waals surface area contributed by atoms with Crippen LogP contribution in [-0.2, 0) is 19.5 Å². The van der Waals surface area contributed by atoms with Crippen molar-refractivity contribution in [1.29, 1.82) is 0 Å². The molecule has 0 saturated carbocycles. The first-order valence-electron chi connectivity index (χ1n) is 9.85. The van der Waals surface area contributed by atoms with Crippen LogP contribution >= 0.6 is 0 Å². The molecule has 0 amide bonds. The maximum atomic E-state index is 13.9. The van der Waals surface area contributed by atoms with Crippen LogP contribution in [0.3, 0.4) is 0 Å². The average molecular weight is 406 g/mol. The molecular formula is C21H23FN8. The lowest BCUT2D eigenvalue weighted by Gasteiger charge is -2.12. The van der Waals surface area contributed by atoms with Gasteiger partial charge in [-0.1, -0.05) is 19.8 Å². The fraction of sp³-hybridized carbons (Fsp3) is 0.381. The molecule has 9 heteroatoms. The first kappa shape index (κ1) is 19.9. The number of hydrogen-bond acceptors (Lipinski definition) is 7. The lowest BCUT2D eigenvalue weighted by molar-refractivity contribution is 0.517. The van der Waals surface area contributed by atoms with E-state index in [1.165, 1.54) is 0 Å². The van der Waals surface area contributed by atoms with Crippen molar-refractivity contribution in [3.05, 3.63) is 40.7 Å². The van der Waals surface area contributed by atoms with Crippen LogP contribution in [0.2, 0.25) is 0 Å². The van der Waals surface area contributed by atoms with Gasteiger partial charge in [-0.3, -0.25) is 0 Å². The van der Waals surface area contributed by atoms with Crippen molar-refractivity contribution in [1.82, 2.24) is 24.8 Å². The molecule has 0 fully saturated rings. The number of nitrogen functional groups attached to an aromatic ring is 1. The number of benzene rings is 1. The van der Waals surface area contributed by atoms with Crippen molar-refractivity contribution in [2.75, 3.05) is 18.8 Å². The van der Waals surface area contributed by atoms with E-state index in [1.807, 2.05) is 16.7 Å². The maximum Gasteiger partial charge on any atom is 0.312 e. The standard InChI is InChI=1S/C21H23FN8/c1-4-13-7-15-11-25-29-16(15)8-14(13)9-17-26-18-19(23)27-21(22)28-20(18)30(17)6-5-24-10-12(2)3/h1,7-8,12,24H,5-6,9-11H2,2-3H3,(H2,23,27,28). The first-order valence-corrected chi connectivity index (χ1v) is 9.85. The van der Waals surface area contributed by atoms with Crippen LogP contribution in [0.5, 0.6) is 0 Å². The SMILES string of the molecule is C#Cc1cc2c(cc1Cc1nc3c(N)nc(F)nc3n1CCNCC(C)C)N=NC2. The summed E-state index contributed by atoms with van der Waals surface area (Å²) in [4.78, 5) is 12.2. The number of nitrogens with zero attached hydrogens (tertiary/aromatic N) is 6. The fourth-order valence-electron chi connectivity index (χ4n) is 3.53. The van der Waals surface area contributed by atoms with Crippen molar-refractivity contribution in [2.45, 2.75) is 33.4 Å². The number of aromatic nitrogens is 4. The van der Waals surface area contributed by atoms with Gasteiger partial charge in [-0.15, -0.1) is 6.42 Å². The Morgan fingerprint density at radius 1 is 1.30 bits per heavy atom. The number of anilines is 1. The lowest BCUT2D eigenvalue weighted by Crippen LogP contribution is -2.25. The van der Waals surface area contributed by atoms with Crippen molar-refractivity contribution in [3.63, 3.8) is 0 Å². The van der Waals surface area contributed by atoms with E-state index >= 15 is 0 Å². The topological polar surface area (TPSA) is 106 Å². The van der Waals surface area contributed by atoms with Crippen molar-refractivity contribution >= 4 is 22.7 Å². The normalized spacial score (nSPS) is 12.6. The van der Waals surface area contributed by atoms with E-state index in [9.17, 15) is 4.39 Å². The third kappa shape index (κ3) is 3.86. The lowest BCUT2D eigenvalue weighted by atomic mass is 10.00. The van der Waals surface area contributed by atoms with E-state index in [0.29, 0.717) is 49.0 Å². The molecule has 0 radical (unpaired) electrons. The Hall–Kier alpha value is -3.38. The number of hydrogen-bond donors (Lipinski definition) is 2. The van der Waals surface area contributed by atoms with Gasteiger partial charge < -0.3 is 15.6 Å². The summed E-state index contributed by atoms with van der Waals surface area (Å²) in [5.41, 5.74) is 10.2. The largest absolute Gasteiger partial charge is 0.382 e. The Kier molecular flexibility index (Phi) is 5.42. The molecule has 30 heavy (non-hydrogen) atoms. The van der Waals surface area contributed by atoms with Crippen LogP contribution in [-0.4, -0.2) is 32.6 Å². The third-order valence-corrected chi connectivity index (χ3v) is 4.97. The highest BCUT2D eigenvalue weighted by atomic mass is 19.1. The second-order valence-corrected chi connectivity index (χ2v) is 7.69. The van der Waals surface area contributed by atoms with Crippen molar-refractivity contribution < 1.29 is 4.39 Å². The number of halogens is 1. The molecule has 0 saturated heterocycles. The molecule has 0 aliphatic carbocycles. The fourth-order valence-corrected chi connectivity index (χ4v) is 3.53. The molecule has 4 rings (SSSR count). The molecule has 1 aliphatic rings. The van der Waals surface area contributed by atoms with Crippen molar-refractivity contribution in [2.24, 2.45) is 16.1 Å². The van der Waals surface area contributed by atoms with Gasteiger partial charge in [0.25, 0.3) is 0 Å². The van der Waals surface area contributed by atoms with Gasteiger partial charge in [0.05, 0.1) is 12.2 Å². The quantitative estimate of drug-likeness (QED) is 0.356. The summed E-state index contributed by atoms with van der Waals surface area (Å²) in [7, 11) is 0.